The van der Waals surface area contributed by atoms with Gasteiger partial charge in [-0.25, -0.2) is 4.39 Å². The van der Waals surface area contributed by atoms with E-state index in [9.17, 15) is 9.59 Å². The summed E-state index contributed by atoms with van der Waals surface area (Å²) in [4.78, 5) is 26.3. The van der Waals surface area contributed by atoms with Gasteiger partial charge in [0.05, 0.1) is 6.54 Å². The van der Waals surface area contributed by atoms with E-state index in [-0.39, 0.29) is 18.4 Å². The summed E-state index contributed by atoms with van der Waals surface area (Å²) < 4.78 is 20.5. The molecule has 1 aromatic rings. The minimum absolute atomic E-state index is 0.0490. The minimum atomic E-state index is -1.45. The average molecular weight is 445 g/mol. The molecule has 5 nitrogen and oxygen atoms in total. The molecule has 0 radical (unpaired) electrons. The van der Waals surface area contributed by atoms with Crippen molar-refractivity contribution in [2.75, 3.05) is 26.2 Å². The number of halogens is 3. The number of carbonyl (C=O) groups excluding carboxylic acids is 2. The van der Waals surface area contributed by atoms with Gasteiger partial charge in [-0.3, -0.25) is 9.59 Å². The SMILES string of the molecule is CC1(C)CC(CN2CCC(F)(CNC(=O)c3cc(Cl)cc(Cl)c3)CC2)CC(=O)O1. The molecule has 8 heteroatoms. The number of alkyl halides is 1. The van der Waals surface area contributed by atoms with E-state index in [4.69, 9.17) is 27.9 Å². The van der Waals surface area contributed by atoms with Gasteiger partial charge in [-0.1, -0.05) is 23.2 Å². The Bertz CT molecular complexity index is 759. The lowest BCUT2D eigenvalue weighted by atomic mass is 9.86. The summed E-state index contributed by atoms with van der Waals surface area (Å²) in [6.45, 7) is 5.77. The Morgan fingerprint density at radius 3 is 2.45 bits per heavy atom. The second kappa shape index (κ2) is 8.78. The monoisotopic (exact) mass is 444 g/mol. The van der Waals surface area contributed by atoms with Crippen LogP contribution in [0.1, 0.15) is 49.9 Å². The van der Waals surface area contributed by atoms with Crippen LogP contribution in [-0.4, -0.2) is 54.2 Å². The molecule has 3 rings (SSSR count). The van der Waals surface area contributed by atoms with Crippen LogP contribution in [0.15, 0.2) is 18.2 Å². The van der Waals surface area contributed by atoms with Crippen molar-refractivity contribution in [3.63, 3.8) is 0 Å². The summed E-state index contributed by atoms with van der Waals surface area (Å²) in [5.41, 5.74) is -1.57. The molecule has 1 aromatic carbocycles. The first kappa shape index (κ1) is 22.3. The minimum Gasteiger partial charge on any atom is -0.460 e. The maximum Gasteiger partial charge on any atom is 0.306 e. The maximum absolute atomic E-state index is 15.2. The van der Waals surface area contributed by atoms with Gasteiger partial charge >= 0.3 is 5.97 Å². The van der Waals surface area contributed by atoms with E-state index in [0.717, 1.165) is 13.0 Å². The molecule has 1 unspecified atom stereocenters. The lowest BCUT2D eigenvalue weighted by Gasteiger charge is -2.40. The van der Waals surface area contributed by atoms with Gasteiger partial charge in [0, 0.05) is 41.7 Å². The van der Waals surface area contributed by atoms with Gasteiger partial charge in [0.25, 0.3) is 5.91 Å². The number of esters is 1. The van der Waals surface area contributed by atoms with Crippen LogP contribution in [0, 0.1) is 5.92 Å². The van der Waals surface area contributed by atoms with Crippen LogP contribution in [-0.2, 0) is 9.53 Å². The Morgan fingerprint density at radius 1 is 1.24 bits per heavy atom. The number of likely N-dealkylation sites (tertiary alicyclic amines) is 1. The van der Waals surface area contributed by atoms with Crippen molar-refractivity contribution in [1.82, 2.24) is 10.2 Å². The smallest absolute Gasteiger partial charge is 0.306 e. The summed E-state index contributed by atoms with van der Waals surface area (Å²) in [5.74, 6) is -0.325. The molecular weight excluding hydrogens is 418 g/mol. The molecule has 2 fully saturated rings. The van der Waals surface area contributed by atoms with Crippen LogP contribution in [0.5, 0.6) is 0 Å². The second-order valence-corrected chi connectivity index (χ2v) is 9.67. The number of benzene rings is 1. The summed E-state index contributed by atoms with van der Waals surface area (Å²) in [6, 6.07) is 4.55. The highest BCUT2D eigenvalue weighted by atomic mass is 35.5. The quantitative estimate of drug-likeness (QED) is 0.689. The molecule has 0 bridgehead atoms. The first-order valence-electron chi connectivity index (χ1n) is 9.91. The number of amides is 1. The highest BCUT2D eigenvalue weighted by Gasteiger charge is 2.38. The molecule has 1 N–H and O–H groups in total. The number of hydrogen-bond donors (Lipinski definition) is 1. The molecule has 0 saturated carbocycles. The number of ether oxygens (including phenoxy) is 1. The third kappa shape index (κ3) is 6.30. The number of nitrogens with one attached hydrogen (secondary N) is 1. The van der Waals surface area contributed by atoms with Gasteiger partial charge in [0.2, 0.25) is 0 Å². The number of nitrogens with zero attached hydrogens (tertiary/aromatic N) is 1. The standard InChI is InChI=1S/C21H27Cl2FN2O3/c1-20(2)11-14(7-18(27)29-20)12-26-5-3-21(24,4-6-26)13-25-19(28)15-8-16(22)10-17(23)9-15/h8-10,14H,3-7,11-13H2,1-2H3,(H,25,28). The number of rotatable bonds is 5. The zero-order valence-corrected chi connectivity index (χ0v) is 18.3. The molecule has 2 aliphatic heterocycles. The zero-order valence-electron chi connectivity index (χ0n) is 16.8. The predicted octanol–water partition coefficient (Wildman–Crippen LogP) is 4.26. The molecule has 1 amide bonds. The van der Waals surface area contributed by atoms with Gasteiger partial charge in [-0.2, -0.15) is 0 Å². The van der Waals surface area contributed by atoms with Crippen molar-refractivity contribution < 1.29 is 18.7 Å². The van der Waals surface area contributed by atoms with Crippen molar-refractivity contribution in [3.05, 3.63) is 33.8 Å². The van der Waals surface area contributed by atoms with E-state index in [1.165, 1.54) is 12.1 Å². The Labute approximate surface area is 180 Å². The number of cyclic esters (lactones) is 1. The van der Waals surface area contributed by atoms with Crippen molar-refractivity contribution >= 4 is 35.1 Å². The summed E-state index contributed by atoms with van der Waals surface area (Å²) in [6.07, 6.45) is 1.90. The molecule has 1 atom stereocenters. The molecule has 2 saturated heterocycles. The van der Waals surface area contributed by atoms with Crippen LogP contribution < -0.4 is 5.32 Å². The van der Waals surface area contributed by atoms with Gasteiger partial charge in [-0.15, -0.1) is 0 Å². The Morgan fingerprint density at radius 2 is 1.86 bits per heavy atom. The molecule has 29 heavy (non-hydrogen) atoms. The summed E-state index contributed by atoms with van der Waals surface area (Å²) >= 11 is 11.8. The second-order valence-electron chi connectivity index (χ2n) is 8.80. The Balaban J connectivity index is 1.47. The maximum atomic E-state index is 15.2. The van der Waals surface area contributed by atoms with Crippen molar-refractivity contribution in [2.45, 2.75) is 50.8 Å². The van der Waals surface area contributed by atoms with Crippen LogP contribution in [0.25, 0.3) is 0 Å². The largest absolute Gasteiger partial charge is 0.460 e. The number of piperidine rings is 1. The zero-order chi connectivity index (χ0) is 21.2. The lowest BCUT2D eigenvalue weighted by Crippen LogP contribution is -2.50. The first-order chi connectivity index (χ1) is 13.5. The van der Waals surface area contributed by atoms with E-state index in [1.807, 2.05) is 13.8 Å². The Kier molecular flexibility index (Phi) is 6.76. The molecule has 0 aromatic heterocycles. The van der Waals surface area contributed by atoms with Crippen LogP contribution in [0.3, 0.4) is 0 Å². The normalized spacial score (nSPS) is 24.0. The van der Waals surface area contributed by atoms with Crippen molar-refractivity contribution in [3.8, 4) is 0 Å². The first-order valence-corrected chi connectivity index (χ1v) is 10.7. The van der Waals surface area contributed by atoms with Crippen LogP contribution in [0.2, 0.25) is 10.0 Å². The average Bonchev–Trinajstić information content (AvgIpc) is 2.59. The molecule has 0 aliphatic carbocycles. The fourth-order valence-corrected chi connectivity index (χ4v) is 4.75. The Hall–Kier alpha value is -1.37. The highest BCUT2D eigenvalue weighted by molar-refractivity contribution is 6.35. The fourth-order valence-electron chi connectivity index (χ4n) is 4.23. The molecular formula is C21H27Cl2FN2O3. The van der Waals surface area contributed by atoms with Crippen molar-refractivity contribution in [1.29, 1.82) is 0 Å². The van der Waals surface area contributed by atoms with Gasteiger partial charge in [0.1, 0.15) is 11.3 Å². The highest BCUT2D eigenvalue weighted by Crippen LogP contribution is 2.32. The van der Waals surface area contributed by atoms with Crippen LogP contribution in [0.4, 0.5) is 4.39 Å². The lowest BCUT2D eigenvalue weighted by molar-refractivity contribution is -0.167. The van der Waals surface area contributed by atoms with E-state index >= 15 is 4.39 Å². The predicted molar refractivity (Wildman–Crippen MR) is 111 cm³/mol. The van der Waals surface area contributed by atoms with E-state index in [2.05, 4.69) is 10.2 Å². The molecule has 0 spiro atoms. The van der Waals surface area contributed by atoms with E-state index < -0.39 is 17.2 Å². The van der Waals surface area contributed by atoms with Crippen LogP contribution >= 0.6 is 23.2 Å². The third-order valence-corrected chi connectivity index (χ3v) is 6.02. The molecule has 2 aliphatic rings. The fraction of sp³-hybridized carbons (Fsp3) is 0.619. The topological polar surface area (TPSA) is 58.6 Å². The van der Waals surface area contributed by atoms with Crippen molar-refractivity contribution in [2.24, 2.45) is 5.92 Å². The van der Waals surface area contributed by atoms with Gasteiger partial charge < -0.3 is 15.0 Å². The summed E-state index contributed by atoms with van der Waals surface area (Å²) in [5, 5.41) is 3.39. The van der Waals surface area contributed by atoms with Gasteiger partial charge in [-0.05, 0) is 57.2 Å². The molecule has 2 heterocycles. The van der Waals surface area contributed by atoms with E-state index in [0.29, 0.717) is 48.0 Å². The number of hydrogen-bond acceptors (Lipinski definition) is 4. The third-order valence-electron chi connectivity index (χ3n) is 5.58. The summed E-state index contributed by atoms with van der Waals surface area (Å²) in [7, 11) is 0. The number of carbonyl (C=O) groups is 2. The van der Waals surface area contributed by atoms with Gasteiger partial charge in [0.15, 0.2) is 0 Å². The molecule has 160 valence electrons. The van der Waals surface area contributed by atoms with E-state index in [1.54, 1.807) is 6.07 Å².